The Morgan fingerprint density at radius 2 is 1.80 bits per heavy atom. The number of carbonyl (C=O) groups excluding carboxylic acids is 3. The van der Waals surface area contributed by atoms with Crippen LogP contribution in [0, 0.1) is 0 Å². The summed E-state index contributed by atoms with van der Waals surface area (Å²) in [6.45, 7) is 0.522. The molecular weight excluding hydrogens is 380 g/mol. The molecule has 0 radical (unpaired) electrons. The third-order valence-corrected chi connectivity index (χ3v) is 5.39. The van der Waals surface area contributed by atoms with Crippen LogP contribution in [-0.4, -0.2) is 35.0 Å². The number of nitrogens with zero attached hydrogens (tertiary/aromatic N) is 2. The number of carbonyl (C=O) groups is 3. The number of urea groups is 1. The Hall–Kier alpha value is -3.61. The minimum absolute atomic E-state index is 0.129. The lowest BCUT2D eigenvalue weighted by atomic mass is 10.1. The maximum atomic E-state index is 12.6. The topological polar surface area (TPSA) is 83.4 Å². The number of aromatic nitrogens is 1. The van der Waals surface area contributed by atoms with Gasteiger partial charge in [0.2, 0.25) is 5.91 Å². The largest absolute Gasteiger partial charge is 0.356 e. The summed E-state index contributed by atoms with van der Waals surface area (Å²) >= 11 is 0. The van der Waals surface area contributed by atoms with E-state index in [0.717, 1.165) is 16.8 Å². The Morgan fingerprint density at radius 3 is 2.60 bits per heavy atom. The number of anilines is 1. The van der Waals surface area contributed by atoms with Gasteiger partial charge >= 0.3 is 6.03 Å². The number of imide groups is 1. The Bertz CT molecular complexity index is 1090. The molecule has 1 aliphatic rings. The van der Waals surface area contributed by atoms with Crippen molar-refractivity contribution in [1.29, 1.82) is 0 Å². The molecule has 1 aromatic heterocycles. The predicted octanol–water partition coefficient (Wildman–Crippen LogP) is 2.74. The summed E-state index contributed by atoms with van der Waals surface area (Å²) in [6, 6.07) is 15.8. The molecule has 154 valence electrons. The van der Waals surface area contributed by atoms with Gasteiger partial charge in [-0.3, -0.25) is 9.59 Å². The summed E-state index contributed by atoms with van der Waals surface area (Å²) in [6.07, 6.45) is 3.26. The van der Waals surface area contributed by atoms with Crippen LogP contribution in [0.1, 0.15) is 18.4 Å². The van der Waals surface area contributed by atoms with Gasteiger partial charge in [0.1, 0.15) is 6.04 Å². The predicted molar refractivity (Wildman–Crippen MR) is 115 cm³/mol. The lowest BCUT2D eigenvalue weighted by molar-refractivity contribution is -0.121. The molecule has 3 aromatic rings. The van der Waals surface area contributed by atoms with Crippen molar-refractivity contribution in [3.63, 3.8) is 0 Å². The van der Waals surface area contributed by atoms with Crippen molar-refractivity contribution in [2.24, 2.45) is 7.05 Å². The molecular formula is C23H24N4O3. The number of hydrogen-bond acceptors (Lipinski definition) is 3. The zero-order valence-electron chi connectivity index (χ0n) is 16.8. The van der Waals surface area contributed by atoms with E-state index in [1.807, 2.05) is 25.2 Å². The number of benzene rings is 2. The van der Waals surface area contributed by atoms with E-state index in [-0.39, 0.29) is 24.7 Å². The van der Waals surface area contributed by atoms with Gasteiger partial charge in [-0.25, -0.2) is 9.69 Å². The maximum Gasteiger partial charge on any atom is 0.329 e. The molecule has 4 rings (SSSR count). The first-order chi connectivity index (χ1) is 14.5. The first kappa shape index (κ1) is 19.7. The van der Waals surface area contributed by atoms with E-state index in [1.54, 1.807) is 24.3 Å². The molecule has 0 bridgehead atoms. The van der Waals surface area contributed by atoms with Crippen molar-refractivity contribution in [2.45, 2.75) is 25.3 Å². The smallest absolute Gasteiger partial charge is 0.329 e. The van der Waals surface area contributed by atoms with Crippen LogP contribution in [0.4, 0.5) is 10.5 Å². The number of para-hydroxylation sites is 2. The molecule has 0 saturated carbocycles. The van der Waals surface area contributed by atoms with Crippen molar-refractivity contribution in [3.8, 4) is 0 Å². The minimum atomic E-state index is -0.679. The first-order valence-electron chi connectivity index (χ1n) is 10.0. The van der Waals surface area contributed by atoms with E-state index < -0.39 is 12.1 Å². The molecule has 7 heteroatoms. The zero-order valence-corrected chi connectivity index (χ0v) is 16.8. The maximum absolute atomic E-state index is 12.6. The number of amides is 4. The van der Waals surface area contributed by atoms with E-state index in [4.69, 9.17) is 0 Å². The van der Waals surface area contributed by atoms with E-state index in [2.05, 4.69) is 33.5 Å². The van der Waals surface area contributed by atoms with Crippen LogP contribution in [0.5, 0.6) is 0 Å². The molecule has 2 heterocycles. The van der Waals surface area contributed by atoms with Gasteiger partial charge < -0.3 is 15.2 Å². The second-order valence-corrected chi connectivity index (χ2v) is 7.43. The molecule has 1 aliphatic heterocycles. The molecule has 0 spiro atoms. The average Bonchev–Trinajstić information content (AvgIpc) is 3.23. The normalized spacial score (nSPS) is 16.2. The lowest BCUT2D eigenvalue weighted by Gasteiger charge is -2.12. The minimum Gasteiger partial charge on any atom is -0.356 e. The first-order valence-corrected chi connectivity index (χ1v) is 10.0. The Morgan fingerprint density at radius 1 is 1.07 bits per heavy atom. The highest BCUT2D eigenvalue weighted by Gasteiger charge is 2.38. The molecule has 1 fully saturated rings. The Balaban J connectivity index is 1.27. The number of rotatable bonds is 7. The third-order valence-electron chi connectivity index (χ3n) is 5.39. The summed E-state index contributed by atoms with van der Waals surface area (Å²) in [7, 11) is 2.01. The quantitative estimate of drug-likeness (QED) is 0.594. The number of nitrogens with one attached hydrogen (secondary N) is 2. The van der Waals surface area contributed by atoms with E-state index >= 15 is 0 Å². The summed E-state index contributed by atoms with van der Waals surface area (Å²) < 4.78 is 2.08. The molecule has 4 amide bonds. The van der Waals surface area contributed by atoms with Crippen LogP contribution in [0.2, 0.25) is 0 Å². The molecule has 0 aliphatic carbocycles. The van der Waals surface area contributed by atoms with Gasteiger partial charge in [0.05, 0.1) is 5.69 Å². The summed E-state index contributed by atoms with van der Waals surface area (Å²) in [4.78, 5) is 38.1. The average molecular weight is 404 g/mol. The van der Waals surface area contributed by atoms with Gasteiger partial charge in [0.15, 0.2) is 0 Å². The molecule has 1 saturated heterocycles. The summed E-state index contributed by atoms with van der Waals surface area (Å²) in [5.41, 5.74) is 2.88. The van der Waals surface area contributed by atoms with E-state index in [0.29, 0.717) is 12.2 Å². The summed E-state index contributed by atoms with van der Waals surface area (Å²) in [5, 5.41) is 6.77. The number of aryl methyl sites for hydroxylation is 1. The molecule has 1 atom stereocenters. The van der Waals surface area contributed by atoms with Crippen molar-refractivity contribution in [1.82, 2.24) is 15.2 Å². The van der Waals surface area contributed by atoms with E-state index in [9.17, 15) is 14.4 Å². The van der Waals surface area contributed by atoms with Gasteiger partial charge in [-0.05, 0) is 36.6 Å². The fourth-order valence-corrected chi connectivity index (χ4v) is 3.87. The molecule has 2 aromatic carbocycles. The van der Waals surface area contributed by atoms with Gasteiger partial charge in [-0.2, -0.15) is 0 Å². The van der Waals surface area contributed by atoms with Gasteiger partial charge in [0.25, 0.3) is 5.91 Å². The van der Waals surface area contributed by atoms with Gasteiger partial charge in [0, 0.05) is 37.1 Å². The highest BCUT2D eigenvalue weighted by molar-refractivity contribution is 6.21. The molecule has 2 N–H and O–H groups in total. The van der Waals surface area contributed by atoms with Crippen LogP contribution < -0.4 is 15.5 Å². The van der Waals surface area contributed by atoms with Gasteiger partial charge in [-0.1, -0.05) is 36.4 Å². The molecule has 1 unspecified atom stereocenters. The van der Waals surface area contributed by atoms with Crippen LogP contribution in [0.25, 0.3) is 10.9 Å². The van der Waals surface area contributed by atoms with Crippen molar-refractivity contribution >= 4 is 34.4 Å². The highest BCUT2D eigenvalue weighted by Crippen LogP contribution is 2.21. The number of hydrogen-bond donors (Lipinski definition) is 2. The SMILES string of the molecule is Cn1cc(CCNC(=O)CCC2NC(=O)N(c3ccccc3)C2=O)c2ccccc21. The van der Waals surface area contributed by atoms with Crippen LogP contribution in [0.3, 0.4) is 0 Å². The molecule has 30 heavy (non-hydrogen) atoms. The zero-order chi connectivity index (χ0) is 21.1. The highest BCUT2D eigenvalue weighted by atomic mass is 16.2. The van der Waals surface area contributed by atoms with Crippen molar-refractivity contribution < 1.29 is 14.4 Å². The van der Waals surface area contributed by atoms with Gasteiger partial charge in [-0.15, -0.1) is 0 Å². The second kappa shape index (κ2) is 8.41. The van der Waals surface area contributed by atoms with E-state index in [1.165, 1.54) is 10.9 Å². The van der Waals surface area contributed by atoms with Crippen molar-refractivity contribution in [3.05, 3.63) is 66.4 Å². The van der Waals surface area contributed by atoms with Crippen LogP contribution >= 0.6 is 0 Å². The third kappa shape index (κ3) is 3.91. The monoisotopic (exact) mass is 404 g/mol. The summed E-state index contributed by atoms with van der Waals surface area (Å²) in [5.74, 6) is -0.454. The fourth-order valence-electron chi connectivity index (χ4n) is 3.87. The van der Waals surface area contributed by atoms with Crippen molar-refractivity contribution in [2.75, 3.05) is 11.4 Å². The second-order valence-electron chi connectivity index (χ2n) is 7.43. The Kier molecular flexibility index (Phi) is 5.52. The lowest BCUT2D eigenvalue weighted by Crippen LogP contribution is -2.33. The Labute approximate surface area is 174 Å². The fraction of sp³-hybridized carbons (Fsp3) is 0.261. The molecule has 7 nitrogen and oxygen atoms in total. The number of fused-ring (bicyclic) bond motifs is 1. The van der Waals surface area contributed by atoms with Crippen LogP contribution in [-0.2, 0) is 23.1 Å². The standard InChI is InChI=1S/C23H24N4O3/c1-26-15-16(18-9-5-6-10-20(18)26)13-14-24-21(28)12-11-19-22(29)27(23(30)25-19)17-7-3-2-4-8-17/h2-10,15,19H,11-14H2,1H3,(H,24,28)(H,25,30). The van der Waals surface area contributed by atoms with Crippen LogP contribution in [0.15, 0.2) is 60.8 Å².